The molecule has 0 fully saturated rings. The minimum Gasteiger partial charge on any atom is -0.356 e. The predicted molar refractivity (Wildman–Crippen MR) is 88.7 cm³/mol. The third-order valence-corrected chi connectivity index (χ3v) is 3.46. The van der Waals surface area contributed by atoms with E-state index in [1.807, 2.05) is 6.07 Å². The molecule has 0 radical (unpaired) electrons. The quantitative estimate of drug-likeness (QED) is 0.487. The topological polar surface area (TPSA) is 54.2 Å². The van der Waals surface area contributed by atoms with E-state index in [4.69, 9.17) is 0 Å². The second kappa shape index (κ2) is 7.67. The lowest BCUT2D eigenvalue weighted by atomic mass is 10.3. The first-order valence-corrected chi connectivity index (χ1v) is 7.62. The summed E-state index contributed by atoms with van der Waals surface area (Å²) in [6.45, 7) is 7.02. The van der Waals surface area contributed by atoms with Crippen LogP contribution in [-0.4, -0.2) is 35.6 Å². The number of hydrogen-bond donors (Lipinski definition) is 2. The molecule has 1 aromatic heterocycles. The molecular weight excluding hydrogens is 262 g/mol. The van der Waals surface area contributed by atoms with Crippen LogP contribution < -0.4 is 10.6 Å². The normalized spacial score (nSPS) is 11.9. The molecule has 1 aromatic carbocycles. The minimum absolute atomic E-state index is 0.879. The van der Waals surface area contributed by atoms with Crippen LogP contribution in [0.2, 0.25) is 0 Å². The van der Waals surface area contributed by atoms with Crippen LogP contribution in [0.3, 0.4) is 0 Å². The molecule has 5 heteroatoms. The lowest BCUT2D eigenvalue weighted by molar-refractivity contribution is 0.624. The summed E-state index contributed by atoms with van der Waals surface area (Å²) in [7, 11) is 1.80. The highest BCUT2D eigenvalue weighted by atomic mass is 15.2. The van der Waals surface area contributed by atoms with Gasteiger partial charge in [0.15, 0.2) is 5.96 Å². The van der Waals surface area contributed by atoms with Crippen molar-refractivity contribution < 1.29 is 0 Å². The van der Waals surface area contributed by atoms with Crippen LogP contribution in [0.25, 0.3) is 11.0 Å². The largest absolute Gasteiger partial charge is 0.356 e. The van der Waals surface area contributed by atoms with E-state index < -0.39 is 0 Å². The number of aryl methyl sites for hydroxylation is 2. The Labute approximate surface area is 126 Å². The van der Waals surface area contributed by atoms with Crippen molar-refractivity contribution in [1.82, 2.24) is 20.2 Å². The van der Waals surface area contributed by atoms with Gasteiger partial charge in [0, 0.05) is 26.7 Å². The zero-order valence-electron chi connectivity index (χ0n) is 13.2. The van der Waals surface area contributed by atoms with Crippen molar-refractivity contribution in [3.8, 4) is 0 Å². The van der Waals surface area contributed by atoms with E-state index in [1.165, 1.54) is 5.52 Å². The predicted octanol–water partition coefficient (Wildman–Crippen LogP) is 2.31. The van der Waals surface area contributed by atoms with Gasteiger partial charge in [-0.3, -0.25) is 4.99 Å². The summed E-state index contributed by atoms with van der Waals surface area (Å²) < 4.78 is 2.28. The molecule has 2 N–H and O–H groups in total. The van der Waals surface area contributed by atoms with E-state index in [-0.39, 0.29) is 0 Å². The van der Waals surface area contributed by atoms with E-state index in [9.17, 15) is 0 Å². The molecule has 114 valence electrons. The number of nitrogens with one attached hydrogen (secondary N) is 2. The Kier molecular flexibility index (Phi) is 5.60. The Bertz CT molecular complexity index is 600. The van der Waals surface area contributed by atoms with Crippen molar-refractivity contribution in [2.24, 2.45) is 4.99 Å². The number of imidazole rings is 1. The highest BCUT2D eigenvalue weighted by molar-refractivity contribution is 5.79. The van der Waals surface area contributed by atoms with Gasteiger partial charge < -0.3 is 15.2 Å². The third kappa shape index (κ3) is 3.97. The van der Waals surface area contributed by atoms with Gasteiger partial charge in [-0.05, 0) is 31.9 Å². The van der Waals surface area contributed by atoms with Gasteiger partial charge in [0.25, 0.3) is 0 Å². The monoisotopic (exact) mass is 287 g/mol. The zero-order valence-corrected chi connectivity index (χ0v) is 13.2. The Hall–Kier alpha value is -2.04. The number of guanidine groups is 1. The summed E-state index contributed by atoms with van der Waals surface area (Å²) in [5.41, 5.74) is 2.28. The molecule has 0 atom stereocenters. The highest BCUT2D eigenvalue weighted by Crippen LogP contribution is 2.15. The maximum Gasteiger partial charge on any atom is 0.190 e. The fraction of sp³-hybridized carbons (Fsp3) is 0.500. The first kappa shape index (κ1) is 15.4. The second-order valence-electron chi connectivity index (χ2n) is 5.08. The molecule has 0 spiro atoms. The summed E-state index contributed by atoms with van der Waals surface area (Å²) in [6.07, 6.45) is 2.13. The average Bonchev–Trinajstić information content (AvgIpc) is 2.82. The van der Waals surface area contributed by atoms with Crippen LogP contribution in [0.5, 0.6) is 0 Å². The fourth-order valence-corrected chi connectivity index (χ4v) is 2.39. The van der Waals surface area contributed by atoms with Crippen molar-refractivity contribution in [3.63, 3.8) is 0 Å². The molecule has 0 saturated heterocycles. The molecule has 0 saturated carbocycles. The van der Waals surface area contributed by atoms with Crippen LogP contribution in [0.15, 0.2) is 29.3 Å². The van der Waals surface area contributed by atoms with Crippen LogP contribution in [0, 0.1) is 6.92 Å². The van der Waals surface area contributed by atoms with Crippen LogP contribution in [0.1, 0.15) is 25.6 Å². The molecule has 21 heavy (non-hydrogen) atoms. The molecule has 0 aliphatic carbocycles. The Balaban J connectivity index is 1.86. The van der Waals surface area contributed by atoms with Crippen LogP contribution in [0.4, 0.5) is 0 Å². The highest BCUT2D eigenvalue weighted by Gasteiger charge is 2.05. The maximum atomic E-state index is 4.59. The van der Waals surface area contributed by atoms with Gasteiger partial charge >= 0.3 is 0 Å². The summed E-state index contributed by atoms with van der Waals surface area (Å²) in [4.78, 5) is 8.79. The molecule has 0 bridgehead atoms. The Morgan fingerprint density at radius 3 is 2.76 bits per heavy atom. The lowest BCUT2D eigenvalue weighted by Gasteiger charge is -2.12. The summed E-state index contributed by atoms with van der Waals surface area (Å²) in [6, 6.07) is 8.29. The van der Waals surface area contributed by atoms with Gasteiger partial charge in [0.1, 0.15) is 5.82 Å². The Morgan fingerprint density at radius 1 is 1.24 bits per heavy atom. The van der Waals surface area contributed by atoms with E-state index in [2.05, 4.69) is 57.2 Å². The second-order valence-corrected chi connectivity index (χ2v) is 5.08. The summed E-state index contributed by atoms with van der Waals surface area (Å²) in [5.74, 6) is 1.95. The van der Waals surface area contributed by atoms with Gasteiger partial charge in [0.2, 0.25) is 0 Å². The number of fused-ring (bicyclic) bond motifs is 1. The SMILES string of the molecule is CCCNC(=NC)NCCCn1c(C)nc2ccccc21. The standard InChI is InChI=1S/C16H25N5/c1-4-10-18-16(17-3)19-11-7-12-21-13(2)20-14-8-5-6-9-15(14)21/h5-6,8-9H,4,7,10-12H2,1-3H3,(H2,17,18,19). The lowest BCUT2D eigenvalue weighted by Crippen LogP contribution is -2.38. The van der Waals surface area contributed by atoms with Crippen molar-refractivity contribution >= 4 is 17.0 Å². The fourth-order valence-electron chi connectivity index (χ4n) is 2.39. The average molecular weight is 287 g/mol. The van der Waals surface area contributed by atoms with E-state index in [1.54, 1.807) is 7.05 Å². The van der Waals surface area contributed by atoms with E-state index >= 15 is 0 Å². The summed E-state index contributed by atoms with van der Waals surface area (Å²) in [5, 5.41) is 6.61. The molecule has 0 aliphatic heterocycles. The van der Waals surface area contributed by atoms with Crippen molar-refractivity contribution in [2.45, 2.75) is 33.2 Å². The molecular formula is C16H25N5. The smallest absolute Gasteiger partial charge is 0.190 e. The van der Waals surface area contributed by atoms with Gasteiger partial charge in [-0.25, -0.2) is 4.98 Å². The van der Waals surface area contributed by atoms with E-state index in [0.717, 1.165) is 49.8 Å². The molecule has 5 nitrogen and oxygen atoms in total. The summed E-state index contributed by atoms with van der Waals surface area (Å²) >= 11 is 0. The molecule has 0 amide bonds. The number of rotatable bonds is 6. The zero-order chi connectivity index (χ0) is 15.1. The number of nitrogens with zero attached hydrogens (tertiary/aromatic N) is 3. The molecule has 0 aliphatic rings. The van der Waals surface area contributed by atoms with Crippen molar-refractivity contribution in [3.05, 3.63) is 30.1 Å². The van der Waals surface area contributed by atoms with Crippen molar-refractivity contribution in [1.29, 1.82) is 0 Å². The Morgan fingerprint density at radius 2 is 2.00 bits per heavy atom. The number of para-hydroxylation sites is 2. The first-order valence-electron chi connectivity index (χ1n) is 7.62. The molecule has 0 unspecified atom stereocenters. The van der Waals surface area contributed by atoms with Gasteiger partial charge in [-0.2, -0.15) is 0 Å². The van der Waals surface area contributed by atoms with Crippen LogP contribution in [-0.2, 0) is 6.54 Å². The molecule has 2 aromatic rings. The third-order valence-electron chi connectivity index (χ3n) is 3.46. The molecule has 2 rings (SSSR count). The number of benzene rings is 1. The van der Waals surface area contributed by atoms with Gasteiger partial charge in [-0.1, -0.05) is 19.1 Å². The maximum absolute atomic E-state index is 4.59. The first-order chi connectivity index (χ1) is 10.3. The van der Waals surface area contributed by atoms with Crippen molar-refractivity contribution in [2.75, 3.05) is 20.1 Å². The number of hydrogen-bond acceptors (Lipinski definition) is 2. The van der Waals surface area contributed by atoms with Gasteiger partial charge in [-0.15, -0.1) is 0 Å². The minimum atomic E-state index is 0.879. The van der Waals surface area contributed by atoms with E-state index in [0.29, 0.717) is 0 Å². The number of aliphatic imine (C=N–C) groups is 1. The van der Waals surface area contributed by atoms with Gasteiger partial charge in [0.05, 0.1) is 11.0 Å². The van der Waals surface area contributed by atoms with Crippen LogP contribution >= 0.6 is 0 Å². The molecule has 1 heterocycles. The number of aromatic nitrogens is 2.